The highest BCUT2D eigenvalue weighted by molar-refractivity contribution is 6.30. The summed E-state index contributed by atoms with van der Waals surface area (Å²) in [7, 11) is 0. The molecule has 0 unspecified atom stereocenters. The van der Waals surface area contributed by atoms with Gasteiger partial charge in [-0.3, -0.25) is 15.0 Å². The normalized spacial score (nSPS) is 13.3. The molecule has 1 aliphatic rings. The Morgan fingerprint density at radius 1 is 0.971 bits per heavy atom. The standard InChI is InChI=1S/C24H22ClN5O4/c25-17-8-9-20(27-14-17)28-24(33)18-2-1-3-19(31)21(18)29-23(32)16-6-4-15(5-7-16)22(26)30-10-12-34-13-11-30/h1-9,14,26,31H,10-13H2,(H,29,32)(H,27,28,33). The molecular formula is C24H22ClN5O4. The molecule has 34 heavy (non-hydrogen) atoms. The fourth-order valence-corrected chi connectivity index (χ4v) is 3.54. The van der Waals surface area contributed by atoms with Crippen LogP contribution in [0.15, 0.2) is 60.8 Å². The van der Waals surface area contributed by atoms with Gasteiger partial charge >= 0.3 is 0 Å². The number of phenols is 1. The summed E-state index contributed by atoms with van der Waals surface area (Å²) in [5, 5.41) is 24.3. The second-order valence-electron chi connectivity index (χ2n) is 7.49. The number of rotatable bonds is 5. The molecule has 2 amide bonds. The van der Waals surface area contributed by atoms with Gasteiger partial charge in [-0.1, -0.05) is 29.8 Å². The summed E-state index contributed by atoms with van der Waals surface area (Å²) in [6, 6.07) is 14.0. The first-order chi connectivity index (χ1) is 16.4. The molecule has 10 heteroatoms. The van der Waals surface area contributed by atoms with Gasteiger partial charge in [0, 0.05) is 30.4 Å². The Balaban J connectivity index is 1.49. The van der Waals surface area contributed by atoms with Crippen molar-refractivity contribution >= 4 is 40.8 Å². The molecular weight excluding hydrogens is 458 g/mol. The number of hydrogen-bond acceptors (Lipinski definition) is 6. The lowest BCUT2D eigenvalue weighted by Crippen LogP contribution is -2.40. The highest BCUT2D eigenvalue weighted by atomic mass is 35.5. The number of carbonyl (C=O) groups excluding carboxylic acids is 2. The number of ether oxygens (including phenoxy) is 1. The van der Waals surface area contributed by atoms with Crippen LogP contribution in [0, 0.1) is 5.41 Å². The van der Waals surface area contributed by atoms with E-state index in [1.165, 1.54) is 30.5 Å². The molecule has 9 nitrogen and oxygen atoms in total. The van der Waals surface area contributed by atoms with Crippen LogP contribution >= 0.6 is 11.6 Å². The smallest absolute Gasteiger partial charge is 0.259 e. The van der Waals surface area contributed by atoms with Crippen molar-refractivity contribution in [2.75, 3.05) is 36.9 Å². The van der Waals surface area contributed by atoms with Gasteiger partial charge in [-0.25, -0.2) is 4.98 Å². The molecule has 4 N–H and O–H groups in total. The summed E-state index contributed by atoms with van der Waals surface area (Å²) in [5.74, 6) is -0.685. The number of amides is 2. The first-order valence-electron chi connectivity index (χ1n) is 10.5. The van der Waals surface area contributed by atoms with E-state index in [2.05, 4.69) is 15.6 Å². The van der Waals surface area contributed by atoms with Crippen molar-refractivity contribution < 1.29 is 19.4 Å². The lowest BCUT2D eigenvalue weighted by atomic mass is 10.1. The molecule has 1 aliphatic heterocycles. The number of benzene rings is 2. The number of aromatic nitrogens is 1. The molecule has 1 aromatic heterocycles. The van der Waals surface area contributed by atoms with Crippen LogP contribution in [0.1, 0.15) is 26.3 Å². The Kier molecular flexibility index (Phi) is 7.05. The minimum absolute atomic E-state index is 0.0240. The third-order valence-electron chi connectivity index (χ3n) is 5.24. The van der Waals surface area contributed by atoms with Gasteiger partial charge in [0.2, 0.25) is 0 Å². The van der Waals surface area contributed by atoms with E-state index in [0.29, 0.717) is 48.3 Å². The maximum absolute atomic E-state index is 12.9. The number of morpholine rings is 1. The van der Waals surface area contributed by atoms with Crippen LogP contribution < -0.4 is 10.6 Å². The lowest BCUT2D eigenvalue weighted by molar-refractivity contribution is 0.0680. The monoisotopic (exact) mass is 479 g/mol. The van der Waals surface area contributed by atoms with Gasteiger partial charge in [-0.15, -0.1) is 0 Å². The Bertz CT molecular complexity index is 1210. The number of nitrogens with one attached hydrogen (secondary N) is 3. The van der Waals surface area contributed by atoms with Crippen molar-refractivity contribution in [1.29, 1.82) is 5.41 Å². The van der Waals surface area contributed by atoms with Crippen LogP contribution in [-0.2, 0) is 4.74 Å². The van der Waals surface area contributed by atoms with E-state index in [1.54, 1.807) is 30.3 Å². The van der Waals surface area contributed by atoms with Crippen LogP contribution in [-0.4, -0.2) is 58.9 Å². The Labute approximate surface area is 200 Å². The van der Waals surface area contributed by atoms with Gasteiger partial charge in [-0.05, 0) is 36.4 Å². The Morgan fingerprint density at radius 3 is 2.35 bits per heavy atom. The summed E-state index contributed by atoms with van der Waals surface area (Å²) in [5.41, 5.74) is 1.03. The molecule has 0 aliphatic carbocycles. The van der Waals surface area contributed by atoms with Gasteiger partial charge in [0.15, 0.2) is 0 Å². The van der Waals surface area contributed by atoms with Gasteiger partial charge in [0.25, 0.3) is 11.8 Å². The number of phenolic OH excluding ortho intramolecular Hbond substituents is 1. The zero-order valence-electron chi connectivity index (χ0n) is 18.0. The van der Waals surface area contributed by atoms with Crippen LogP contribution in [0.3, 0.4) is 0 Å². The molecule has 174 valence electrons. The fraction of sp³-hybridized carbons (Fsp3) is 0.167. The van der Waals surface area contributed by atoms with Crippen molar-refractivity contribution in [3.8, 4) is 5.75 Å². The molecule has 1 saturated heterocycles. The molecule has 0 saturated carbocycles. The predicted molar refractivity (Wildman–Crippen MR) is 129 cm³/mol. The second-order valence-corrected chi connectivity index (χ2v) is 7.93. The van der Waals surface area contributed by atoms with E-state index >= 15 is 0 Å². The molecule has 0 radical (unpaired) electrons. The molecule has 3 aromatic rings. The van der Waals surface area contributed by atoms with Crippen molar-refractivity contribution in [3.63, 3.8) is 0 Å². The van der Waals surface area contributed by atoms with Crippen LogP contribution in [0.4, 0.5) is 11.5 Å². The SMILES string of the molecule is N=C(c1ccc(C(=O)Nc2c(O)cccc2C(=O)Nc2ccc(Cl)cn2)cc1)N1CCOCC1. The first kappa shape index (κ1) is 23.2. The van der Waals surface area contributed by atoms with Crippen LogP contribution in [0.2, 0.25) is 5.02 Å². The third kappa shape index (κ3) is 5.33. The highest BCUT2D eigenvalue weighted by Crippen LogP contribution is 2.28. The largest absolute Gasteiger partial charge is 0.506 e. The maximum atomic E-state index is 12.9. The Hall–Kier alpha value is -3.95. The second kappa shape index (κ2) is 10.3. The number of pyridine rings is 1. The number of para-hydroxylation sites is 1. The summed E-state index contributed by atoms with van der Waals surface area (Å²) < 4.78 is 5.32. The maximum Gasteiger partial charge on any atom is 0.259 e. The van der Waals surface area contributed by atoms with E-state index in [-0.39, 0.29) is 22.8 Å². The summed E-state index contributed by atoms with van der Waals surface area (Å²) in [6.07, 6.45) is 1.39. The summed E-state index contributed by atoms with van der Waals surface area (Å²) >= 11 is 5.82. The number of halogens is 1. The van der Waals surface area contributed by atoms with E-state index in [4.69, 9.17) is 21.7 Å². The van der Waals surface area contributed by atoms with Crippen molar-refractivity contribution in [1.82, 2.24) is 9.88 Å². The van der Waals surface area contributed by atoms with E-state index in [9.17, 15) is 14.7 Å². The van der Waals surface area contributed by atoms with Crippen molar-refractivity contribution in [2.45, 2.75) is 0 Å². The summed E-state index contributed by atoms with van der Waals surface area (Å²) in [6.45, 7) is 2.44. The van der Waals surface area contributed by atoms with E-state index in [1.807, 2.05) is 4.90 Å². The zero-order chi connectivity index (χ0) is 24.1. The average Bonchev–Trinajstić information content (AvgIpc) is 2.86. The van der Waals surface area contributed by atoms with Gasteiger partial charge in [0.05, 0.1) is 29.5 Å². The van der Waals surface area contributed by atoms with Gasteiger partial charge in [-0.2, -0.15) is 0 Å². The van der Waals surface area contributed by atoms with E-state index in [0.717, 1.165) is 0 Å². The summed E-state index contributed by atoms with van der Waals surface area (Å²) in [4.78, 5) is 31.6. The molecule has 0 spiro atoms. The number of hydrogen-bond donors (Lipinski definition) is 4. The third-order valence-corrected chi connectivity index (χ3v) is 5.47. The molecule has 2 heterocycles. The minimum Gasteiger partial charge on any atom is -0.506 e. The fourth-order valence-electron chi connectivity index (χ4n) is 3.43. The predicted octanol–water partition coefficient (Wildman–Crippen LogP) is 3.60. The van der Waals surface area contributed by atoms with Gasteiger partial charge < -0.3 is 25.4 Å². The van der Waals surface area contributed by atoms with Crippen LogP contribution in [0.25, 0.3) is 0 Å². The van der Waals surface area contributed by atoms with E-state index < -0.39 is 11.8 Å². The zero-order valence-corrected chi connectivity index (χ0v) is 18.8. The molecule has 0 atom stereocenters. The minimum atomic E-state index is -0.560. The van der Waals surface area contributed by atoms with Gasteiger partial charge in [0.1, 0.15) is 17.4 Å². The number of anilines is 2. The topological polar surface area (TPSA) is 128 Å². The number of amidine groups is 1. The van der Waals surface area contributed by atoms with Crippen molar-refractivity contribution in [3.05, 3.63) is 82.5 Å². The molecule has 1 fully saturated rings. The van der Waals surface area contributed by atoms with Crippen molar-refractivity contribution in [2.24, 2.45) is 0 Å². The van der Waals surface area contributed by atoms with Crippen LogP contribution in [0.5, 0.6) is 5.75 Å². The lowest BCUT2D eigenvalue weighted by Gasteiger charge is -2.29. The Morgan fingerprint density at radius 2 is 1.68 bits per heavy atom. The quantitative estimate of drug-likeness (QED) is 0.251. The first-order valence-corrected chi connectivity index (χ1v) is 10.9. The highest BCUT2D eigenvalue weighted by Gasteiger charge is 2.19. The number of nitrogens with zero attached hydrogens (tertiary/aromatic N) is 2. The molecule has 4 rings (SSSR count). The molecule has 0 bridgehead atoms. The number of carbonyl (C=O) groups is 2. The average molecular weight is 480 g/mol. The number of aromatic hydroxyl groups is 1. The molecule has 2 aromatic carbocycles.